The van der Waals surface area contributed by atoms with Gasteiger partial charge in [-0.1, -0.05) is 18.2 Å². The third kappa shape index (κ3) is 2.97. The third-order valence-electron chi connectivity index (χ3n) is 3.09. The minimum Gasteiger partial charge on any atom is -0.453 e. The predicted molar refractivity (Wildman–Crippen MR) is 65.6 cm³/mol. The quantitative estimate of drug-likeness (QED) is 0.507. The molecule has 110 valence electrons. The van der Waals surface area contributed by atoms with Gasteiger partial charge in [-0.05, 0) is 12.1 Å². The minimum atomic E-state index is -1.64. The Bertz CT molecular complexity index is 447. The van der Waals surface area contributed by atoms with E-state index in [1.807, 2.05) is 0 Å². The fourth-order valence-electron chi connectivity index (χ4n) is 1.98. The molecule has 1 aliphatic rings. The summed E-state index contributed by atoms with van der Waals surface area (Å²) in [5.74, 6) is -0.722. The van der Waals surface area contributed by atoms with Crippen LogP contribution >= 0.6 is 0 Å². The molecule has 5 atom stereocenters. The Morgan fingerprint density at radius 3 is 2.40 bits per heavy atom. The van der Waals surface area contributed by atoms with Crippen LogP contribution in [-0.2, 0) is 9.47 Å². The normalized spacial score (nSPS) is 33.7. The molecule has 4 N–H and O–H groups in total. The van der Waals surface area contributed by atoms with Gasteiger partial charge < -0.3 is 29.9 Å². The molecule has 1 aliphatic heterocycles. The number of benzene rings is 1. The lowest BCUT2D eigenvalue weighted by Crippen LogP contribution is -2.59. The van der Waals surface area contributed by atoms with Crippen LogP contribution < -0.4 is 0 Å². The van der Waals surface area contributed by atoms with E-state index in [-0.39, 0.29) is 5.56 Å². The van der Waals surface area contributed by atoms with E-state index in [0.717, 1.165) is 0 Å². The van der Waals surface area contributed by atoms with Crippen molar-refractivity contribution in [2.45, 2.75) is 30.7 Å². The van der Waals surface area contributed by atoms with Crippen LogP contribution in [0.5, 0.6) is 0 Å². The van der Waals surface area contributed by atoms with Crippen LogP contribution in [-0.4, -0.2) is 63.7 Å². The summed E-state index contributed by atoms with van der Waals surface area (Å²) in [6.45, 7) is -0.576. The lowest BCUT2D eigenvalue weighted by Gasteiger charge is -2.39. The lowest BCUT2D eigenvalue weighted by molar-refractivity contribution is -0.285. The number of carbonyl (C=O) groups is 1. The molecule has 0 aromatic heterocycles. The molecule has 7 heteroatoms. The highest BCUT2D eigenvalue weighted by atomic mass is 16.7. The lowest BCUT2D eigenvalue weighted by atomic mass is 9.99. The number of hydrogen-bond acceptors (Lipinski definition) is 7. The highest BCUT2D eigenvalue weighted by Crippen LogP contribution is 2.23. The SMILES string of the molecule is O=C(O[C@H]1[C@H](O)[C@@H](O)[C@@H](O)O[C@@H]1CO)c1ccccc1. The van der Waals surface area contributed by atoms with E-state index in [0.29, 0.717) is 0 Å². The molecular formula is C13H16O7. The van der Waals surface area contributed by atoms with E-state index in [2.05, 4.69) is 0 Å². The van der Waals surface area contributed by atoms with E-state index < -0.39 is 43.3 Å². The van der Waals surface area contributed by atoms with E-state index in [4.69, 9.17) is 14.6 Å². The van der Waals surface area contributed by atoms with Crippen LogP contribution in [0.25, 0.3) is 0 Å². The van der Waals surface area contributed by atoms with E-state index >= 15 is 0 Å². The molecule has 1 fully saturated rings. The van der Waals surface area contributed by atoms with Gasteiger partial charge in [0.25, 0.3) is 0 Å². The molecule has 0 spiro atoms. The molecular weight excluding hydrogens is 268 g/mol. The molecule has 2 rings (SSSR count). The standard InChI is InChI=1S/C13H16O7/c14-6-8-11(9(15)10(16)13(18)19-8)20-12(17)7-4-2-1-3-5-7/h1-5,8-11,13-16,18H,6H2/t8-,9-,10-,11-,13+/m1/s1. The second-order valence-electron chi connectivity index (χ2n) is 4.46. The zero-order valence-electron chi connectivity index (χ0n) is 10.5. The van der Waals surface area contributed by atoms with Gasteiger partial charge in [0, 0.05) is 0 Å². The van der Waals surface area contributed by atoms with E-state index in [1.54, 1.807) is 18.2 Å². The Morgan fingerprint density at radius 1 is 1.15 bits per heavy atom. The number of aliphatic hydroxyl groups excluding tert-OH is 4. The van der Waals surface area contributed by atoms with Gasteiger partial charge in [0.2, 0.25) is 0 Å². The van der Waals surface area contributed by atoms with Gasteiger partial charge in [-0.2, -0.15) is 0 Å². The van der Waals surface area contributed by atoms with Crippen LogP contribution in [0, 0.1) is 0 Å². The topological polar surface area (TPSA) is 116 Å². The minimum absolute atomic E-state index is 0.261. The largest absolute Gasteiger partial charge is 0.453 e. The van der Waals surface area contributed by atoms with Crippen molar-refractivity contribution in [3.05, 3.63) is 35.9 Å². The Balaban J connectivity index is 2.11. The van der Waals surface area contributed by atoms with Crippen molar-refractivity contribution in [2.75, 3.05) is 6.61 Å². The Hall–Kier alpha value is -1.51. The monoisotopic (exact) mass is 284 g/mol. The zero-order valence-corrected chi connectivity index (χ0v) is 10.5. The molecule has 1 saturated heterocycles. The van der Waals surface area contributed by atoms with Gasteiger partial charge in [0.05, 0.1) is 12.2 Å². The summed E-state index contributed by atoms with van der Waals surface area (Å²) < 4.78 is 9.95. The third-order valence-corrected chi connectivity index (χ3v) is 3.09. The fraction of sp³-hybridized carbons (Fsp3) is 0.462. The molecule has 0 aliphatic carbocycles. The first kappa shape index (κ1) is 14.9. The van der Waals surface area contributed by atoms with Gasteiger partial charge in [0.1, 0.15) is 18.3 Å². The molecule has 1 heterocycles. The van der Waals surface area contributed by atoms with Gasteiger partial charge in [-0.25, -0.2) is 4.79 Å². The average Bonchev–Trinajstić information content (AvgIpc) is 2.48. The summed E-state index contributed by atoms with van der Waals surface area (Å²) in [6.07, 6.45) is -7.20. The Labute approximate surface area is 115 Å². The summed E-state index contributed by atoms with van der Waals surface area (Å²) in [5, 5.41) is 37.8. The van der Waals surface area contributed by atoms with Crippen LogP contribution in [0.1, 0.15) is 10.4 Å². The zero-order chi connectivity index (χ0) is 14.7. The van der Waals surface area contributed by atoms with Crippen molar-refractivity contribution in [2.24, 2.45) is 0 Å². The molecule has 0 bridgehead atoms. The number of aliphatic hydroxyl groups is 4. The van der Waals surface area contributed by atoms with Crippen LogP contribution in [0.4, 0.5) is 0 Å². The molecule has 0 radical (unpaired) electrons. The number of hydrogen-bond donors (Lipinski definition) is 4. The van der Waals surface area contributed by atoms with Crippen molar-refractivity contribution in [1.29, 1.82) is 0 Å². The molecule has 0 unspecified atom stereocenters. The summed E-state index contributed by atoms with van der Waals surface area (Å²) >= 11 is 0. The first-order valence-electron chi connectivity index (χ1n) is 6.11. The van der Waals surface area contributed by atoms with Gasteiger partial charge >= 0.3 is 5.97 Å². The van der Waals surface area contributed by atoms with E-state index in [1.165, 1.54) is 12.1 Å². The van der Waals surface area contributed by atoms with Crippen molar-refractivity contribution in [3.8, 4) is 0 Å². The van der Waals surface area contributed by atoms with Crippen molar-refractivity contribution >= 4 is 5.97 Å². The maximum absolute atomic E-state index is 11.9. The molecule has 1 aromatic carbocycles. The molecule has 0 amide bonds. The molecule has 20 heavy (non-hydrogen) atoms. The van der Waals surface area contributed by atoms with Crippen molar-refractivity contribution in [1.82, 2.24) is 0 Å². The van der Waals surface area contributed by atoms with E-state index in [9.17, 15) is 20.1 Å². The number of rotatable bonds is 3. The predicted octanol–water partition coefficient (Wildman–Crippen LogP) is -1.36. The van der Waals surface area contributed by atoms with Crippen molar-refractivity contribution in [3.63, 3.8) is 0 Å². The van der Waals surface area contributed by atoms with Crippen molar-refractivity contribution < 1.29 is 34.7 Å². The van der Waals surface area contributed by atoms with Gasteiger partial charge in [0.15, 0.2) is 12.4 Å². The highest BCUT2D eigenvalue weighted by molar-refractivity contribution is 5.89. The average molecular weight is 284 g/mol. The first-order valence-corrected chi connectivity index (χ1v) is 6.11. The molecule has 0 saturated carbocycles. The Morgan fingerprint density at radius 2 is 1.80 bits per heavy atom. The van der Waals surface area contributed by atoms with Gasteiger partial charge in [-0.3, -0.25) is 0 Å². The van der Waals surface area contributed by atoms with Crippen LogP contribution in [0.15, 0.2) is 30.3 Å². The maximum Gasteiger partial charge on any atom is 0.338 e. The molecule has 1 aromatic rings. The Kier molecular flexibility index (Phi) is 4.69. The summed E-state index contributed by atoms with van der Waals surface area (Å²) in [5.41, 5.74) is 0.261. The maximum atomic E-state index is 11.9. The smallest absolute Gasteiger partial charge is 0.338 e. The second-order valence-corrected chi connectivity index (χ2v) is 4.46. The second kappa shape index (κ2) is 6.29. The fourth-order valence-corrected chi connectivity index (χ4v) is 1.98. The number of carbonyl (C=O) groups excluding carboxylic acids is 1. The van der Waals surface area contributed by atoms with Gasteiger partial charge in [-0.15, -0.1) is 0 Å². The molecule has 7 nitrogen and oxygen atoms in total. The highest BCUT2D eigenvalue weighted by Gasteiger charge is 2.45. The first-order chi connectivity index (χ1) is 9.54. The summed E-state index contributed by atoms with van der Waals surface area (Å²) in [6, 6.07) is 8.07. The van der Waals surface area contributed by atoms with Crippen LogP contribution in [0.3, 0.4) is 0 Å². The van der Waals surface area contributed by atoms with Crippen LogP contribution in [0.2, 0.25) is 0 Å². The summed E-state index contributed by atoms with van der Waals surface area (Å²) in [4.78, 5) is 11.9. The number of esters is 1. The summed E-state index contributed by atoms with van der Waals surface area (Å²) in [7, 11) is 0. The number of ether oxygens (including phenoxy) is 2.